The lowest BCUT2D eigenvalue weighted by atomic mass is 9.84. The molecule has 0 bridgehead atoms. The maximum atomic E-state index is 13.8. The standard InChI is InChI=1S/C22H23N3O3S2/c26-20-22(25(27)28,30-21(29)24(20)23-15-9-1-2-10-16-23)19(17-11-5-3-6-12-17)18-13-7-4-8-14-18/h3-8,11-14,19H,1-2,9-10,15-16H2. The number of carbonyl (C=O) groups excluding carboxylic acids is 1. The average Bonchev–Trinajstić information content (AvgIpc) is 2.92. The molecule has 0 N–H and O–H groups in total. The Balaban J connectivity index is 1.83. The molecule has 1 amide bonds. The van der Waals surface area contributed by atoms with Crippen LogP contribution in [0.25, 0.3) is 0 Å². The predicted octanol–water partition coefficient (Wildman–Crippen LogP) is 4.44. The molecule has 2 aliphatic heterocycles. The number of thioether (sulfide) groups is 1. The smallest absolute Gasteiger partial charge is 0.263 e. The molecular weight excluding hydrogens is 418 g/mol. The van der Waals surface area contributed by atoms with Gasteiger partial charge in [-0.1, -0.05) is 85.7 Å². The first kappa shape index (κ1) is 21.0. The Morgan fingerprint density at radius 3 is 1.90 bits per heavy atom. The maximum absolute atomic E-state index is 13.8. The highest BCUT2D eigenvalue weighted by atomic mass is 32.2. The highest BCUT2D eigenvalue weighted by molar-refractivity contribution is 8.24. The second-order valence-electron chi connectivity index (χ2n) is 7.56. The summed E-state index contributed by atoms with van der Waals surface area (Å²) in [5.41, 5.74) is 1.45. The molecule has 2 fully saturated rings. The number of nitrogens with zero attached hydrogens (tertiary/aromatic N) is 3. The van der Waals surface area contributed by atoms with Crippen molar-refractivity contribution >= 4 is 34.2 Å². The molecular formula is C22H23N3O3S2. The van der Waals surface area contributed by atoms with Crippen molar-refractivity contribution in [1.29, 1.82) is 0 Å². The van der Waals surface area contributed by atoms with Gasteiger partial charge in [-0.05, 0) is 35.7 Å². The molecule has 4 rings (SSSR count). The first-order chi connectivity index (χ1) is 14.6. The van der Waals surface area contributed by atoms with E-state index in [9.17, 15) is 14.9 Å². The van der Waals surface area contributed by atoms with Gasteiger partial charge in [-0.3, -0.25) is 14.9 Å². The van der Waals surface area contributed by atoms with Gasteiger partial charge in [0.25, 0.3) is 0 Å². The minimum atomic E-state index is -1.94. The van der Waals surface area contributed by atoms with E-state index in [0.717, 1.165) is 48.6 Å². The normalized spacial score (nSPS) is 23.0. The van der Waals surface area contributed by atoms with Crippen LogP contribution < -0.4 is 0 Å². The fourth-order valence-electron chi connectivity index (χ4n) is 4.29. The fourth-order valence-corrected chi connectivity index (χ4v) is 6.06. The number of amides is 1. The van der Waals surface area contributed by atoms with Gasteiger partial charge in [-0.15, -0.1) is 0 Å². The van der Waals surface area contributed by atoms with Gasteiger partial charge in [-0.2, -0.15) is 0 Å². The number of hydrogen-bond acceptors (Lipinski definition) is 6. The van der Waals surface area contributed by atoms with Crippen molar-refractivity contribution in [2.45, 2.75) is 36.5 Å². The van der Waals surface area contributed by atoms with Gasteiger partial charge < -0.3 is 0 Å². The minimum Gasteiger partial charge on any atom is -0.263 e. The number of hydrogen-bond donors (Lipinski definition) is 0. The van der Waals surface area contributed by atoms with E-state index in [2.05, 4.69) is 0 Å². The topological polar surface area (TPSA) is 66.7 Å². The quantitative estimate of drug-likeness (QED) is 0.388. The van der Waals surface area contributed by atoms with Gasteiger partial charge in [0.05, 0.1) is 5.92 Å². The van der Waals surface area contributed by atoms with Crippen LogP contribution in [0.2, 0.25) is 0 Å². The lowest BCUT2D eigenvalue weighted by Gasteiger charge is -2.31. The summed E-state index contributed by atoms with van der Waals surface area (Å²) >= 11 is 6.45. The Hall–Kier alpha value is -2.29. The molecule has 2 aromatic carbocycles. The largest absolute Gasteiger partial charge is 0.362 e. The summed E-state index contributed by atoms with van der Waals surface area (Å²) in [6, 6.07) is 18.5. The molecule has 1 atom stereocenters. The summed E-state index contributed by atoms with van der Waals surface area (Å²) < 4.78 is 0.260. The Labute approximate surface area is 185 Å². The van der Waals surface area contributed by atoms with Crippen LogP contribution in [0.1, 0.15) is 42.7 Å². The first-order valence-electron chi connectivity index (χ1n) is 10.1. The van der Waals surface area contributed by atoms with Crippen LogP contribution in [0.3, 0.4) is 0 Å². The Kier molecular flexibility index (Phi) is 6.17. The molecule has 2 heterocycles. The highest BCUT2D eigenvalue weighted by Crippen LogP contribution is 2.51. The van der Waals surface area contributed by atoms with Gasteiger partial charge >= 0.3 is 10.8 Å². The molecule has 2 saturated heterocycles. The fraction of sp³-hybridized carbons (Fsp3) is 0.364. The second kappa shape index (κ2) is 8.83. The molecule has 6 nitrogen and oxygen atoms in total. The van der Waals surface area contributed by atoms with Crippen molar-refractivity contribution in [3.05, 3.63) is 81.9 Å². The molecule has 0 saturated carbocycles. The Morgan fingerprint density at radius 2 is 1.43 bits per heavy atom. The maximum Gasteiger partial charge on any atom is 0.362 e. The predicted molar refractivity (Wildman–Crippen MR) is 122 cm³/mol. The van der Waals surface area contributed by atoms with E-state index in [-0.39, 0.29) is 4.32 Å². The van der Waals surface area contributed by atoms with Crippen LogP contribution >= 0.6 is 24.0 Å². The number of thiocarbonyl (C=S) groups is 1. The summed E-state index contributed by atoms with van der Waals surface area (Å²) in [4.78, 5) is 24.1. The van der Waals surface area contributed by atoms with Crippen molar-refractivity contribution in [3.8, 4) is 0 Å². The lowest BCUT2D eigenvalue weighted by molar-refractivity contribution is -0.525. The Morgan fingerprint density at radius 1 is 0.933 bits per heavy atom. The minimum absolute atomic E-state index is 0.260. The SMILES string of the molecule is O=C1N(N2CCCCCC2)C(=S)SC1(C(c1ccccc1)c1ccccc1)[N+](=O)[O-]. The number of rotatable bonds is 5. The summed E-state index contributed by atoms with van der Waals surface area (Å²) in [7, 11) is 0. The third-order valence-electron chi connectivity index (χ3n) is 5.71. The van der Waals surface area contributed by atoms with Crippen LogP contribution in [0.15, 0.2) is 60.7 Å². The number of nitro groups is 1. The van der Waals surface area contributed by atoms with E-state index >= 15 is 0 Å². The van der Waals surface area contributed by atoms with E-state index in [1.165, 1.54) is 5.01 Å². The van der Waals surface area contributed by atoms with E-state index in [4.69, 9.17) is 12.2 Å². The van der Waals surface area contributed by atoms with Gasteiger partial charge in [0.2, 0.25) is 0 Å². The molecule has 30 heavy (non-hydrogen) atoms. The van der Waals surface area contributed by atoms with Crippen molar-refractivity contribution in [2.24, 2.45) is 0 Å². The van der Waals surface area contributed by atoms with Crippen molar-refractivity contribution in [2.75, 3.05) is 13.1 Å². The summed E-state index contributed by atoms with van der Waals surface area (Å²) in [5.74, 6) is -1.32. The van der Waals surface area contributed by atoms with Crippen LogP contribution in [-0.2, 0) is 4.79 Å². The number of carbonyl (C=O) groups is 1. The molecule has 2 aliphatic rings. The highest BCUT2D eigenvalue weighted by Gasteiger charge is 2.68. The average molecular weight is 442 g/mol. The lowest BCUT2D eigenvalue weighted by Crippen LogP contribution is -2.54. The summed E-state index contributed by atoms with van der Waals surface area (Å²) in [6.45, 7) is 1.36. The monoisotopic (exact) mass is 441 g/mol. The third-order valence-corrected chi connectivity index (χ3v) is 7.35. The Bertz CT molecular complexity index is 894. The van der Waals surface area contributed by atoms with E-state index < -0.39 is 21.6 Å². The van der Waals surface area contributed by atoms with Gasteiger partial charge in [-0.25, -0.2) is 10.0 Å². The summed E-state index contributed by atoms with van der Waals surface area (Å²) in [5, 5.41) is 15.9. The number of benzene rings is 2. The van der Waals surface area contributed by atoms with Crippen LogP contribution in [0.4, 0.5) is 0 Å². The molecule has 1 unspecified atom stereocenters. The van der Waals surface area contributed by atoms with E-state index in [0.29, 0.717) is 13.1 Å². The van der Waals surface area contributed by atoms with E-state index in [1.54, 1.807) is 0 Å². The third kappa shape index (κ3) is 3.64. The zero-order chi connectivity index (χ0) is 21.1. The van der Waals surface area contributed by atoms with Gasteiger partial charge in [0.15, 0.2) is 4.32 Å². The van der Waals surface area contributed by atoms with Crippen LogP contribution in [0, 0.1) is 10.1 Å². The zero-order valence-corrected chi connectivity index (χ0v) is 18.1. The van der Waals surface area contributed by atoms with Gasteiger partial charge in [0, 0.05) is 18.0 Å². The van der Waals surface area contributed by atoms with Crippen molar-refractivity contribution < 1.29 is 9.72 Å². The second-order valence-corrected chi connectivity index (χ2v) is 9.42. The molecule has 156 valence electrons. The summed E-state index contributed by atoms with van der Waals surface area (Å²) in [6.07, 6.45) is 4.08. The zero-order valence-electron chi connectivity index (χ0n) is 16.5. The molecule has 2 aromatic rings. The van der Waals surface area contributed by atoms with Crippen molar-refractivity contribution in [3.63, 3.8) is 0 Å². The van der Waals surface area contributed by atoms with Gasteiger partial charge in [0.1, 0.15) is 0 Å². The number of hydrazine groups is 1. The van der Waals surface area contributed by atoms with Crippen LogP contribution in [-0.4, -0.2) is 43.1 Å². The molecule has 0 radical (unpaired) electrons. The van der Waals surface area contributed by atoms with Crippen molar-refractivity contribution in [1.82, 2.24) is 10.0 Å². The molecule has 0 aliphatic carbocycles. The van der Waals surface area contributed by atoms with Crippen LogP contribution in [0.5, 0.6) is 0 Å². The molecule has 0 spiro atoms. The molecule has 8 heteroatoms. The first-order valence-corrected chi connectivity index (χ1v) is 11.3. The molecule has 0 aromatic heterocycles. The van der Waals surface area contributed by atoms with E-state index in [1.807, 2.05) is 65.7 Å².